The van der Waals surface area contributed by atoms with Gasteiger partial charge in [0.2, 0.25) is 0 Å². The average molecular weight is 1050 g/mol. The zero-order valence-corrected chi connectivity index (χ0v) is 48.3. The highest BCUT2D eigenvalue weighted by atomic mass is 16.5. The molecule has 0 aliphatic heterocycles. The second kappa shape index (κ2) is 20.8. The molecule has 0 amide bonds. The van der Waals surface area contributed by atoms with E-state index in [0.29, 0.717) is 0 Å². The first-order chi connectivity index (χ1) is 38.1. The highest BCUT2D eigenvalue weighted by Crippen LogP contribution is 2.46. The zero-order valence-electron chi connectivity index (χ0n) is 48.3. The van der Waals surface area contributed by atoms with E-state index < -0.39 is 0 Å². The number of rotatable bonds is 12. The smallest absolute Gasteiger partial charge is 0.120 e. The molecule has 11 aromatic rings. The molecule has 0 fully saturated rings. The molecule has 0 aliphatic rings. The summed E-state index contributed by atoms with van der Waals surface area (Å²) in [5.41, 5.74) is 9.71. The first-order valence-electron chi connectivity index (χ1n) is 27.9. The van der Waals surface area contributed by atoms with Crippen LogP contribution in [0.3, 0.4) is 0 Å². The number of ether oxygens (including phenoxy) is 4. The Morgan fingerprint density at radius 2 is 0.450 bits per heavy atom. The van der Waals surface area contributed by atoms with Gasteiger partial charge in [0.1, 0.15) is 45.4 Å². The van der Waals surface area contributed by atoms with Gasteiger partial charge in [-0.3, -0.25) is 0 Å². The van der Waals surface area contributed by atoms with Crippen LogP contribution in [0.5, 0.6) is 23.0 Å². The largest absolute Gasteiger partial charge is 0.488 e. The molecule has 0 saturated heterocycles. The van der Waals surface area contributed by atoms with Crippen LogP contribution in [-0.2, 0) is 0 Å². The molecular weight excluding hydrogens is 981 g/mol. The van der Waals surface area contributed by atoms with Crippen LogP contribution < -0.4 is 28.7 Å². The normalized spacial score (nSPS) is 12.2. The third-order valence-electron chi connectivity index (χ3n) is 13.8. The first-order valence-corrected chi connectivity index (χ1v) is 27.9. The van der Waals surface area contributed by atoms with Crippen molar-refractivity contribution in [2.75, 3.05) is 9.80 Å². The highest BCUT2D eigenvalue weighted by Gasteiger charge is 2.23. The van der Waals surface area contributed by atoms with Crippen LogP contribution in [0.15, 0.2) is 218 Å². The minimum atomic E-state index is -0.312. The first kappa shape index (κ1) is 53.3. The molecule has 80 heavy (non-hydrogen) atoms. The summed E-state index contributed by atoms with van der Waals surface area (Å²) in [4.78, 5) is 4.77. The molecule has 0 heterocycles. The van der Waals surface area contributed by atoms with Crippen molar-refractivity contribution in [1.82, 2.24) is 0 Å². The van der Waals surface area contributed by atoms with Gasteiger partial charge in [0.05, 0.1) is 22.7 Å². The molecule has 0 N–H and O–H groups in total. The zero-order chi connectivity index (χ0) is 56.1. The maximum Gasteiger partial charge on any atom is 0.120 e. The van der Waals surface area contributed by atoms with Crippen molar-refractivity contribution >= 4 is 77.2 Å². The lowest BCUT2D eigenvalue weighted by Gasteiger charge is -2.29. The van der Waals surface area contributed by atoms with Crippen LogP contribution in [0.1, 0.15) is 83.1 Å². The lowest BCUT2D eigenvalue weighted by atomic mass is 9.99. The van der Waals surface area contributed by atoms with Gasteiger partial charge in [-0.2, -0.15) is 0 Å². The van der Waals surface area contributed by atoms with Crippen molar-refractivity contribution in [3.05, 3.63) is 218 Å². The van der Waals surface area contributed by atoms with Crippen LogP contribution in [0.4, 0.5) is 34.1 Å². The molecule has 11 rings (SSSR count). The third kappa shape index (κ3) is 11.8. The summed E-state index contributed by atoms with van der Waals surface area (Å²) in [6.45, 7) is 25.0. The second-order valence-corrected chi connectivity index (χ2v) is 24.8. The Hall–Kier alpha value is -8.74. The molecule has 0 aromatic heterocycles. The number of fused-ring (bicyclic) bond motifs is 4. The van der Waals surface area contributed by atoms with Crippen LogP contribution >= 0.6 is 0 Å². The van der Waals surface area contributed by atoms with E-state index in [0.717, 1.165) is 122 Å². The van der Waals surface area contributed by atoms with Gasteiger partial charge in [0.25, 0.3) is 0 Å². The summed E-state index contributed by atoms with van der Waals surface area (Å²) >= 11 is 0. The van der Waals surface area contributed by atoms with E-state index in [1.807, 2.05) is 0 Å². The van der Waals surface area contributed by atoms with Crippen LogP contribution in [-0.4, -0.2) is 22.4 Å². The van der Waals surface area contributed by atoms with E-state index in [-0.39, 0.29) is 22.4 Å². The summed E-state index contributed by atoms with van der Waals surface area (Å²) in [5.74, 6) is 3.39. The van der Waals surface area contributed by atoms with Gasteiger partial charge >= 0.3 is 0 Å². The summed E-state index contributed by atoms with van der Waals surface area (Å²) in [7, 11) is 0. The highest BCUT2D eigenvalue weighted by molar-refractivity contribution is 6.07. The van der Waals surface area contributed by atoms with Crippen molar-refractivity contribution in [2.45, 2.75) is 105 Å². The molecule has 0 atom stereocenters. The fourth-order valence-electron chi connectivity index (χ4n) is 10.7. The molecule has 0 radical (unpaired) electrons. The van der Waals surface area contributed by atoms with Crippen LogP contribution in [0, 0.1) is 0 Å². The summed E-state index contributed by atoms with van der Waals surface area (Å²) < 4.78 is 25.3. The van der Waals surface area contributed by atoms with Crippen LogP contribution in [0.25, 0.3) is 65.3 Å². The number of anilines is 6. The molecule has 0 spiro atoms. The Morgan fingerprint density at radius 3 is 0.662 bits per heavy atom. The molecule has 6 heteroatoms. The van der Waals surface area contributed by atoms with Crippen LogP contribution in [0.2, 0.25) is 0 Å². The van der Waals surface area contributed by atoms with E-state index in [1.165, 1.54) is 0 Å². The maximum atomic E-state index is 6.33. The van der Waals surface area contributed by atoms with Crippen molar-refractivity contribution < 1.29 is 18.9 Å². The quantitative estimate of drug-likeness (QED) is 0.121. The van der Waals surface area contributed by atoms with Gasteiger partial charge in [-0.1, -0.05) is 97.1 Å². The van der Waals surface area contributed by atoms with Gasteiger partial charge in [-0.15, -0.1) is 0 Å². The van der Waals surface area contributed by atoms with E-state index in [1.54, 1.807) is 0 Å². The van der Waals surface area contributed by atoms with E-state index in [2.05, 4.69) is 311 Å². The fraction of sp³-hybridized carbons (Fsp3) is 0.216. The minimum Gasteiger partial charge on any atom is -0.488 e. The molecule has 0 aliphatic carbocycles. The Labute approximate surface area is 472 Å². The monoisotopic (exact) mass is 1050 g/mol. The molecule has 402 valence electrons. The minimum absolute atomic E-state index is 0.312. The molecule has 0 bridgehead atoms. The summed E-state index contributed by atoms with van der Waals surface area (Å²) in [5, 5.41) is 8.94. The topological polar surface area (TPSA) is 43.4 Å². The third-order valence-corrected chi connectivity index (χ3v) is 13.8. The number of hydrogen-bond acceptors (Lipinski definition) is 6. The Balaban J connectivity index is 0.927. The van der Waals surface area contributed by atoms with Gasteiger partial charge in [-0.25, -0.2) is 0 Å². The molecule has 0 saturated carbocycles. The number of hydrogen-bond donors (Lipinski definition) is 0. The predicted molar refractivity (Wildman–Crippen MR) is 338 cm³/mol. The van der Waals surface area contributed by atoms with E-state index in [9.17, 15) is 0 Å². The Bertz CT molecular complexity index is 3580. The number of benzene rings is 11. The van der Waals surface area contributed by atoms with E-state index >= 15 is 0 Å². The molecule has 0 unspecified atom stereocenters. The van der Waals surface area contributed by atoms with Gasteiger partial charge < -0.3 is 28.7 Å². The van der Waals surface area contributed by atoms with Gasteiger partial charge in [0, 0.05) is 32.9 Å². The van der Waals surface area contributed by atoms with Gasteiger partial charge in [-0.05, 0) is 248 Å². The summed E-state index contributed by atoms with van der Waals surface area (Å²) in [6.07, 6.45) is 0. The van der Waals surface area contributed by atoms with Crippen molar-refractivity contribution in [2.24, 2.45) is 0 Å². The van der Waals surface area contributed by atoms with Crippen molar-refractivity contribution in [3.8, 4) is 45.3 Å². The lowest BCUT2D eigenvalue weighted by molar-refractivity contribution is 0.130. The predicted octanol–water partition coefficient (Wildman–Crippen LogP) is 21.3. The van der Waals surface area contributed by atoms with Gasteiger partial charge in [0.15, 0.2) is 0 Å². The van der Waals surface area contributed by atoms with E-state index in [4.69, 9.17) is 18.9 Å². The standard InChI is InChI=1S/C74H72N2O4/c1-71(2,3)77-59-37-41-63-53(45-59)17-13-21-67(63)75(68-22-14-18-54-46-60(38-42-64(54)68)78-72(4,5)6)57-33-29-51(30-34-57)49-25-27-50(28-26-49)52-31-35-58(36-32-52)76(69-23-15-19-55-47-61(39-43-65(55)69)79-73(7,8)9)70-24-16-20-56-48-62(40-44-66(56)70)80-74(10,11)12/h13-48H,1-12H3. The molecular formula is C74H72N2O4. The second-order valence-electron chi connectivity index (χ2n) is 24.8. The van der Waals surface area contributed by atoms with Crippen molar-refractivity contribution in [1.29, 1.82) is 0 Å². The van der Waals surface area contributed by atoms with Crippen molar-refractivity contribution in [3.63, 3.8) is 0 Å². The molecule has 6 nitrogen and oxygen atoms in total. The Kier molecular flexibility index (Phi) is 13.9. The summed E-state index contributed by atoms with van der Waals surface area (Å²) in [6, 6.07) is 78.6. The lowest BCUT2D eigenvalue weighted by Crippen LogP contribution is -2.22. The fourth-order valence-corrected chi connectivity index (χ4v) is 10.7. The molecule has 11 aromatic carbocycles. The average Bonchev–Trinajstić information content (AvgIpc) is 3.58. The maximum absolute atomic E-state index is 6.33. The SMILES string of the molecule is CC(C)(C)Oc1ccc2c(N(c3ccc(-c4ccc(-c5ccc(N(c6cccc7cc(OC(C)(C)C)ccc67)c6cccc7cc(OC(C)(C)C)ccc67)cc5)cc4)cc3)c3cccc4cc(OC(C)(C)C)ccc34)cccc2c1. The number of nitrogens with zero attached hydrogens (tertiary/aromatic N) is 2. The Morgan fingerprint density at radius 1 is 0.237 bits per heavy atom.